The first-order valence-electron chi connectivity index (χ1n) is 6.97. The van der Waals surface area contributed by atoms with E-state index in [0.717, 1.165) is 11.5 Å². The zero-order valence-electron chi connectivity index (χ0n) is 13.8. The smallest absolute Gasteiger partial charge is 0.125 e. The SMILES string of the molecule is COc1c(C)c(C)c2c(C)c(C)c(OC)c(C)c2c1C. The first kappa shape index (κ1) is 14.7. The van der Waals surface area contributed by atoms with E-state index in [0.29, 0.717) is 0 Å². The molecule has 2 nitrogen and oxygen atoms in total. The van der Waals surface area contributed by atoms with Gasteiger partial charge in [-0.2, -0.15) is 0 Å². The maximum atomic E-state index is 5.62. The van der Waals surface area contributed by atoms with E-state index in [2.05, 4.69) is 41.5 Å². The average molecular weight is 272 g/mol. The van der Waals surface area contributed by atoms with Crippen molar-refractivity contribution in [3.8, 4) is 11.5 Å². The minimum atomic E-state index is 0.989. The first-order chi connectivity index (χ1) is 9.36. The summed E-state index contributed by atoms with van der Waals surface area (Å²) in [6.45, 7) is 12.9. The fourth-order valence-electron chi connectivity index (χ4n) is 3.43. The second kappa shape index (κ2) is 5.01. The molecule has 0 saturated carbocycles. The zero-order valence-corrected chi connectivity index (χ0v) is 13.8. The highest BCUT2D eigenvalue weighted by Gasteiger charge is 2.20. The molecular weight excluding hydrogens is 248 g/mol. The van der Waals surface area contributed by atoms with E-state index in [1.807, 2.05) is 0 Å². The maximum Gasteiger partial charge on any atom is 0.125 e. The van der Waals surface area contributed by atoms with Crippen LogP contribution in [0.2, 0.25) is 0 Å². The van der Waals surface area contributed by atoms with Crippen LogP contribution in [0.1, 0.15) is 33.4 Å². The van der Waals surface area contributed by atoms with Gasteiger partial charge in [-0.1, -0.05) is 0 Å². The summed E-state index contributed by atoms with van der Waals surface area (Å²) in [5.41, 5.74) is 7.45. The molecule has 2 aromatic carbocycles. The van der Waals surface area contributed by atoms with E-state index >= 15 is 0 Å². The van der Waals surface area contributed by atoms with E-state index in [9.17, 15) is 0 Å². The van der Waals surface area contributed by atoms with Crippen molar-refractivity contribution in [2.75, 3.05) is 14.2 Å². The van der Waals surface area contributed by atoms with Gasteiger partial charge in [-0.3, -0.25) is 0 Å². The monoisotopic (exact) mass is 272 g/mol. The average Bonchev–Trinajstić information content (AvgIpc) is 2.41. The van der Waals surface area contributed by atoms with E-state index in [1.54, 1.807) is 14.2 Å². The Morgan fingerprint density at radius 1 is 0.450 bits per heavy atom. The Bertz CT molecular complexity index is 640. The quantitative estimate of drug-likeness (QED) is 0.788. The number of benzene rings is 2. The fourth-order valence-corrected chi connectivity index (χ4v) is 3.43. The first-order valence-corrected chi connectivity index (χ1v) is 6.97. The molecular formula is C18H24O2. The van der Waals surface area contributed by atoms with Gasteiger partial charge in [0.15, 0.2) is 0 Å². The molecule has 108 valence electrons. The van der Waals surface area contributed by atoms with E-state index in [-0.39, 0.29) is 0 Å². The van der Waals surface area contributed by atoms with Crippen LogP contribution in [0.25, 0.3) is 10.8 Å². The third-order valence-corrected chi connectivity index (χ3v) is 4.65. The number of ether oxygens (including phenoxy) is 2. The van der Waals surface area contributed by atoms with Crippen LogP contribution in [0.15, 0.2) is 0 Å². The molecule has 0 saturated heterocycles. The van der Waals surface area contributed by atoms with Gasteiger partial charge in [0.25, 0.3) is 0 Å². The molecule has 0 N–H and O–H groups in total. The Morgan fingerprint density at radius 3 is 1.05 bits per heavy atom. The highest BCUT2D eigenvalue weighted by atomic mass is 16.5. The molecule has 2 rings (SSSR count). The summed E-state index contributed by atoms with van der Waals surface area (Å²) in [6, 6.07) is 0. The highest BCUT2D eigenvalue weighted by Crippen LogP contribution is 2.42. The molecule has 0 unspecified atom stereocenters. The van der Waals surface area contributed by atoms with Crippen LogP contribution in [-0.4, -0.2) is 14.2 Å². The van der Waals surface area contributed by atoms with Crippen LogP contribution in [0, 0.1) is 41.5 Å². The molecule has 0 aliphatic carbocycles. The molecule has 0 spiro atoms. The van der Waals surface area contributed by atoms with Crippen LogP contribution < -0.4 is 9.47 Å². The largest absolute Gasteiger partial charge is 0.496 e. The molecule has 0 aliphatic heterocycles. The zero-order chi connectivity index (χ0) is 15.2. The van der Waals surface area contributed by atoms with Crippen molar-refractivity contribution in [3.05, 3.63) is 33.4 Å². The Hall–Kier alpha value is -1.70. The van der Waals surface area contributed by atoms with Crippen molar-refractivity contribution in [1.29, 1.82) is 0 Å². The lowest BCUT2D eigenvalue weighted by Crippen LogP contribution is -2.02. The minimum Gasteiger partial charge on any atom is -0.496 e. The van der Waals surface area contributed by atoms with Gasteiger partial charge in [-0.05, 0) is 85.7 Å². The lowest BCUT2D eigenvalue weighted by atomic mass is 9.87. The summed E-state index contributed by atoms with van der Waals surface area (Å²) in [5, 5.41) is 2.61. The Labute approximate surface area is 121 Å². The predicted molar refractivity (Wildman–Crippen MR) is 85.5 cm³/mol. The summed E-state index contributed by atoms with van der Waals surface area (Å²) in [5.74, 6) is 1.98. The number of fused-ring (bicyclic) bond motifs is 1. The molecule has 0 amide bonds. The molecule has 0 aromatic heterocycles. The van der Waals surface area contributed by atoms with Gasteiger partial charge in [0.1, 0.15) is 11.5 Å². The van der Waals surface area contributed by atoms with Crippen molar-refractivity contribution in [1.82, 2.24) is 0 Å². The summed E-state index contributed by atoms with van der Waals surface area (Å²) >= 11 is 0. The molecule has 0 fully saturated rings. The summed E-state index contributed by atoms with van der Waals surface area (Å²) in [6.07, 6.45) is 0. The molecule has 2 aromatic rings. The fraction of sp³-hybridized carbons (Fsp3) is 0.444. The second-order valence-electron chi connectivity index (χ2n) is 5.57. The van der Waals surface area contributed by atoms with Crippen LogP contribution >= 0.6 is 0 Å². The topological polar surface area (TPSA) is 18.5 Å². The molecule has 2 heteroatoms. The number of hydrogen-bond donors (Lipinski definition) is 0. The van der Waals surface area contributed by atoms with Gasteiger partial charge in [-0.25, -0.2) is 0 Å². The van der Waals surface area contributed by atoms with E-state index < -0.39 is 0 Å². The molecule has 0 atom stereocenters. The Morgan fingerprint density at radius 2 is 0.750 bits per heavy atom. The molecule has 0 aliphatic rings. The number of hydrogen-bond acceptors (Lipinski definition) is 2. The van der Waals surface area contributed by atoms with E-state index in [1.165, 1.54) is 44.2 Å². The van der Waals surface area contributed by atoms with Gasteiger partial charge >= 0.3 is 0 Å². The molecule has 0 bridgehead atoms. The predicted octanol–water partition coefficient (Wildman–Crippen LogP) is 4.71. The molecule has 0 radical (unpaired) electrons. The third kappa shape index (κ3) is 1.78. The number of rotatable bonds is 2. The van der Waals surface area contributed by atoms with Gasteiger partial charge in [0, 0.05) is 0 Å². The highest BCUT2D eigenvalue weighted by molar-refractivity contribution is 5.99. The van der Waals surface area contributed by atoms with Crippen LogP contribution in [-0.2, 0) is 0 Å². The number of methoxy groups -OCH3 is 2. The van der Waals surface area contributed by atoms with Gasteiger partial charge < -0.3 is 9.47 Å². The minimum absolute atomic E-state index is 0.989. The molecule has 0 heterocycles. The third-order valence-electron chi connectivity index (χ3n) is 4.65. The van der Waals surface area contributed by atoms with Crippen molar-refractivity contribution in [2.45, 2.75) is 41.5 Å². The van der Waals surface area contributed by atoms with Crippen LogP contribution in [0.4, 0.5) is 0 Å². The summed E-state index contributed by atoms with van der Waals surface area (Å²) in [7, 11) is 3.49. The van der Waals surface area contributed by atoms with Crippen LogP contribution in [0.3, 0.4) is 0 Å². The van der Waals surface area contributed by atoms with Crippen molar-refractivity contribution < 1.29 is 9.47 Å². The van der Waals surface area contributed by atoms with Crippen molar-refractivity contribution >= 4 is 10.8 Å². The Kier molecular flexibility index (Phi) is 3.68. The van der Waals surface area contributed by atoms with Crippen LogP contribution in [0.5, 0.6) is 11.5 Å². The maximum absolute atomic E-state index is 5.62. The molecule has 20 heavy (non-hydrogen) atoms. The lowest BCUT2D eigenvalue weighted by Gasteiger charge is -2.22. The summed E-state index contributed by atoms with van der Waals surface area (Å²) < 4.78 is 11.2. The second-order valence-corrected chi connectivity index (χ2v) is 5.57. The van der Waals surface area contributed by atoms with E-state index in [4.69, 9.17) is 9.47 Å². The lowest BCUT2D eigenvalue weighted by molar-refractivity contribution is 0.407. The normalized spacial score (nSPS) is 11.0. The standard InChI is InChI=1S/C18H24O2/c1-9-11(3)17(19-7)13(5)16-14(6)18(20-8)12(4)10(2)15(9)16/h1-8H3. The van der Waals surface area contributed by atoms with Gasteiger partial charge in [0.2, 0.25) is 0 Å². The number of aryl methyl sites for hydroxylation is 4. The summed E-state index contributed by atoms with van der Waals surface area (Å²) in [4.78, 5) is 0. The Balaban J connectivity index is 3.15. The van der Waals surface area contributed by atoms with Gasteiger partial charge in [0.05, 0.1) is 14.2 Å². The van der Waals surface area contributed by atoms with Crippen molar-refractivity contribution in [2.24, 2.45) is 0 Å². The van der Waals surface area contributed by atoms with Crippen molar-refractivity contribution in [3.63, 3.8) is 0 Å². The van der Waals surface area contributed by atoms with Gasteiger partial charge in [-0.15, -0.1) is 0 Å².